The molecule has 3 amide bonds. The Balaban J connectivity index is 1.54. The number of nitrogens with zero attached hydrogens (tertiary/aromatic N) is 1. The van der Waals surface area contributed by atoms with Gasteiger partial charge in [-0.05, 0) is 83.6 Å². The molecule has 0 saturated heterocycles. The van der Waals surface area contributed by atoms with Crippen LogP contribution >= 0.6 is 34.2 Å². The van der Waals surface area contributed by atoms with E-state index >= 15 is 0 Å². The van der Waals surface area contributed by atoms with E-state index in [4.69, 9.17) is 11.6 Å². The van der Waals surface area contributed by atoms with Gasteiger partial charge in [0.2, 0.25) is 0 Å². The minimum Gasteiger partial charge on any atom is -0.350 e. The summed E-state index contributed by atoms with van der Waals surface area (Å²) in [4.78, 5) is 39.2. The van der Waals surface area contributed by atoms with Crippen LogP contribution in [0.4, 0.5) is 17.1 Å². The molecular weight excluding hydrogens is 541 g/mol. The number of carbonyl (C=O) groups excluding carboxylic acids is 3. The lowest BCUT2D eigenvalue weighted by Crippen LogP contribution is -2.32. The summed E-state index contributed by atoms with van der Waals surface area (Å²) in [5, 5.41) is 5.59. The van der Waals surface area contributed by atoms with E-state index in [1.165, 1.54) is 0 Å². The third-order valence-electron chi connectivity index (χ3n) is 4.87. The van der Waals surface area contributed by atoms with Gasteiger partial charge in [-0.15, -0.1) is 0 Å². The molecule has 0 unspecified atom stereocenters. The van der Waals surface area contributed by atoms with Crippen molar-refractivity contribution in [2.75, 3.05) is 15.5 Å². The van der Waals surface area contributed by atoms with E-state index in [1.807, 2.05) is 25.1 Å². The molecule has 0 saturated carbocycles. The fraction of sp³-hybridized carbons (Fsp3) is 0.0417. The number of para-hydroxylation sites is 1. The number of carbonyl (C=O) groups is 3. The van der Waals surface area contributed by atoms with Crippen molar-refractivity contribution in [3.63, 3.8) is 0 Å². The van der Waals surface area contributed by atoms with Crippen molar-refractivity contribution in [1.82, 2.24) is 0 Å². The largest absolute Gasteiger partial charge is 0.350 e. The summed E-state index contributed by atoms with van der Waals surface area (Å²) in [6, 6.07) is 20.9. The maximum absolute atomic E-state index is 12.9. The number of anilines is 3. The Kier molecular flexibility index (Phi) is 6.29. The van der Waals surface area contributed by atoms with Gasteiger partial charge in [-0.25, -0.2) is 4.90 Å². The summed E-state index contributed by atoms with van der Waals surface area (Å²) < 4.78 is 1.08. The van der Waals surface area contributed by atoms with Crippen LogP contribution in [0.2, 0.25) is 0 Å². The van der Waals surface area contributed by atoms with Crippen molar-refractivity contribution in [1.29, 1.82) is 0 Å². The molecular formula is C24H17ClIN3O3. The summed E-state index contributed by atoms with van der Waals surface area (Å²) >= 11 is 8.40. The van der Waals surface area contributed by atoms with Gasteiger partial charge >= 0.3 is 0 Å². The molecule has 0 aliphatic carbocycles. The fourth-order valence-electron chi connectivity index (χ4n) is 3.27. The molecule has 0 radical (unpaired) electrons. The number of amides is 3. The van der Waals surface area contributed by atoms with Gasteiger partial charge in [-0.3, -0.25) is 14.4 Å². The standard InChI is InChI=1S/C24H17ClIN3O3/c1-14-12-16(26)10-11-19(14)28-22(30)15-6-5-7-17(13-15)27-21-20(25)23(31)29(24(21)32)18-8-3-2-4-9-18/h2-13,27H,1H3,(H,28,30). The van der Waals surface area contributed by atoms with Crippen LogP contribution < -0.4 is 15.5 Å². The number of hydrogen-bond donors (Lipinski definition) is 2. The van der Waals surface area contributed by atoms with Crippen LogP contribution in [-0.2, 0) is 9.59 Å². The van der Waals surface area contributed by atoms with E-state index in [1.54, 1.807) is 54.6 Å². The Morgan fingerprint density at radius 2 is 1.69 bits per heavy atom. The van der Waals surface area contributed by atoms with Crippen LogP contribution in [0, 0.1) is 10.5 Å². The third kappa shape index (κ3) is 4.39. The summed E-state index contributed by atoms with van der Waals surface area (Å²) in [7, 11) is 0. The van der Waals surface area contributed by atoms with Crippen LogP contribution in [-0.4, -0.2) is 17.7 Å². The SMILES string of the molecule is Cc1cc(I)ccc1NC(=O)c1cccc(NC2=C(Cl)C(=O)N(c3ccccc3)C2=O)c1. The number of halogens is 2. The molecule has 0 fully saturated rings. The number of benzene rings is 3. The molecule has 32 heavy (non-hydrogen) atoms. The molecule has 160 valence electrons. The van der Waals surface area contributed by atoms with Crippen molar-refractivity contribution in [2.24, 2.45) is 0 Å². The second-order valence-electron chi connectivity index (χ2n) is 7.09. The van der Waals surface area contributed by atoms with E-state index in [0.717, 1.165) is 19.7 Å². The first-order valence-corrected chi connectivity index (χ1v) is 11.1. The quantitative estimate of drug-likeness (QED) is 0.330. The average molecular weight is 558 g/mol. The van der Waals surface area contributed by atoms with Crippen LogP contribution in [0.15, 0.2) is 83.5 Å². The monoisotopic (exact) mass is 557 g/mol. The first kappa shape index (κ1) is 22.0. The number of imide groups is 1. The zero-order valence-corrected chi connectivity index (χ0v) is 19.8. The Labute approximate surface area is 203 Å². The van der Waals surface area contributed by atoms with Crippen LogP contribution in [0.5, 0.6) is 0 Å². The number of aryl methyl sites for hydroxylation is 1. The van der Waals surface area contributed by atoms with Crippen molar-refractivity contribution < 1.29 is 14.4 Å². The lowest BCUT2D eigenvalue weighted by Gasteiger charge is -2.15. The van der Waals surface area contributed by atoms with Crippen molar-refractivity contribution in [3.8, 4) is 0 Å². The second kappa shape index (κ2) is 9.13. The lowest BCUT2D eigenvalue weighted by atomic mass is 10.1. The van der Waals surface area contributed by atoms with E-state index in [9.17, 15) is 14.4 Å². The molecule has 0 bridgehead atoms. The molecule has 0 spiro atoms. The Morgan fingerprint density at radius 3 is 2.41 bits per heavy atom. The molecule has 0 aromatic heterocycles. The normalized spacial score (nSPS) is 13.5. The van der Waals surface area contributed by atoms with E-state index < -0.39 is 11.8 Å². The van der Waals surface area contributed by atoms with Gasteiger partial charge in [0, 0.05) is 20.5 Å². The summed E-state index contributed by atoms with van der Waals surface area (Å²) in [5.74, 6) is -1.46. The van der Waals surface area contributed by atoms with Crippen molar-refractivity contribution >= 4 is 69.0 Å². The zero-order valence-electron chi connectivity index (χ0n) is 16.9. The molecule has 0 atom stereocenters. The summed E-state index contributed by atoms with van der Waals surface area (Å²) in [6.07, 6.45) is 0. The van der Waals surface area contributed by atoms with Gasteiger partial charge in [0.15, 0.2) is 0 Å². The second-order valence-corrected chi connectivity index (χ2v) is 8.71. The van der Waals surface area contributed by atoms with Gasteiger partial charge < -0.3 is 10.6 Å². The minimum atomic E-state index is -0.603. The topological polar surface area (TPSA) is 78.5 Å². The van der Waals surface area contributed by atoms with Gasteiger partial charge in [0.1, 0.15) is 10.7 Å². The lowest BCUT2D eigenvalue weighted by molar-refractivity contribution is -0.120. The molecule has 1 aliphatic heterocycles. The highest BCUT2D eigenvalue weighted by Crippen LogP contribution is 2.30. The highest BCUT2D eigenvalue weighted by Gasteiger charge is 2.38. The van der Waals surface area contributed by atoms with Crippen LogP contribution in [0.1, 0.15) is 15.9 Å². The van der Waals surface area contributed by atoms with Gasteiger partial charge in [0.05, 0.1) is 5.69 Å². The van der Waals surface area contributed by atoms with Crippen molar-refractivity contribution in [2.45, 2.75) is 6.92 Å². The summed E-state index contributed by atoms with van der Waals surface area (Å²) in [6.45, 7) is 1.92. The molecule has 8 heteroatoms. The number of rotatable bonds is 5. The van der Waals surface area contributed by atoms with Gasteiger partial charge in [-0.2, -0.15) is 0 Å². The first-order valence-electron chi connectivity index (χ1n) is 9.63. The Hall–Kier alpha value is -3.17. The van der Waals surface area contributed by atoms with E-state index in [2.05, 4.69) is 33.2 Å². The highest BCUT2D eigenvalue weighted by atomic mass is 127. The Morgan fingerprint density at radius 1 is 0.938 bits per heavy atom. The molecule has 1 aliphatic rings. The summed E-state index contributed by atoms with van der Waals surface area (Å²) in [5.41, 5.74) is 2.91. The molecule has 2 N–H and O–H groups in total. The number of hydrogen-bond acceptors (Lipinski definition) is 4. The maximum Gasteiger partial charge on any atom is 0.283 e. The first-order chi connectivity index (χ1) is 15.3. The van der Waals surface area contributed by atoms with Crippen LogP contribution in [0.25, 0.3) is 0 Å². The van der Waals surface area contributed by atoms with Crippen LogP contribution in [0.3, 0.4) is 0 Å². The maximum atomic E-state index is 12.9. The van der Waals surface area contributed by atoms with E-state index in [-0.39, 0.29) is 16.6 Å². The molecule has 3 aromatic rings. The highest BCUT2D eigenvalue weighted by molar-refractivity contribution is 14.1. The average Bonchev–Trinajstić information content (AvgIpc) is 2.99. The van der Waals surface area contributed by atoms with Gasteiger partial charge in [0.25, 0.3) is 17.7 Å². The predicted molar refractivity (Wildman–Crippen MR) is 134 cm³/mol. The van der Waals surface area contributed by atoms with E-state index in [0.29, 0.717) is 16.9 Å². The third-order valence-corrected chi connectivity index (χ3v) is 5.89. The van der Waals surface area contributed by atoms with Gasteiger partial charge in [-0.1, -0.05) is 35.9 Å². The Bertz CT molecular complexity index is 1270. The van der Waals surface area contributed by atoms with Crippen molar-refractivity contribution in [3.05, 3.63) is 98.2 Å². The molecule has 3 aromatic carbocycles. The fourth-order valence-corrected chi connectivity index (χ4v) is 4.13. The predicted octanol–water partition coefficient (Wildman–Crippen LogP) is 5.29. The zero-order chi connectivity index (χ0) is 22.8. The molecule has 4 rings (SSSR count). The smallest absolute Gasteiger partial charge is 0.283 e. The molecule has 6 nitrogen and oxygen atoms in total. The number of nitrogens with one attached hydrogen (secondary N) is 2. The minimum absolute atomic E-state index is 0.0356. The molecule has 1 heterocycles.